The first kappa shape index (κ1) is 16.9. The summed E-state index contributed by atoms with van der Waals surface area (Å²) in [4.78, 5) is -0.492. The fraction of sp³-hybridized carbons (Fsp3) is 0.0769. The quantitative estimate of drug-likeness (QED) is 0.582. The minimum absolute atomic E-state index is 0.105. The Morgan fingerprint density at radius 1 is 1.14 bits per heavy atom. The number of sulfonamides is 1. The first-order valence-electron chi connectivity index (χ1n) is 5.76. The highest BCUT2D eigenvalue weighted by molar-refractivity contribution is 14.1. The molecule has 0 saturated carbocycles. The van der Waals surface area contributed by atoms with Crippen molar-refractivity contribution in [1.82, 2.24) is 0 Å². The van der Waals surface area contributed by atoms with Gasteiger partial charge >= 0.3 is 0 Å². The number of anilines is 1. The highest BCUT2D eigenvalue weighted by atomic mass is 127. The van der Waals surface area contributed by atoms with Gasteiger partial charge in [0.05, 0.1) is 16.4 Å². The van der Waals surface area contributed by atoms with Crippen LogP contribution in [0.3, 0.4) is 0 Å². The van der Waals surface area contributed by atoms with Crippen molar-refractivity contribution in [3.8, 4) is 5.75 Å². The van der Waals surface area contributed by atoms with Crippen LogP contribution < -0.4 is 9.46 Å². The highest BCUT2D eigenvalue weighted by Crippen LogP contribution is 2.29. The van der Waals surface area contributed by atoms with Gasteiger partial charge in [-0.3, -0.25) is 4.72 Å². The molecule has 118 valence electrons. The summed E-state index contributed by atoms with van der Waals surface area (Å²) in [7, 11) is -3.10. The maximum absolute atomic E-state index is 13.9. The van der Waals surface area contributed by atoms with Crippen LogP contribution in [0.5, 0.6) is 5.75 Å². The second-order valence-electron chi connectivity index (χ2n) is 4.12. The SMILES string of the molecule is COc1ccc(F)cc1S(=O)(=O)Nc1ccc(F)c(I)c1F. The monoisotopic (exact) mass is 443 g/mol. The fourth-order valence-corrected chi connectivity index (χ4v) is 3.38. The van der Waals surface area contributed by atoms with Gasteiger partial charge in [-0.2, -0.15) is 0 Å². The summed E-state index contributed by atoms with van der Waals surface area (Å²) in [5, 5.41) is 0. The second kappa shape index (κ2) is 6.32. The molecule has 22 heavy (non-hydrogen) atoms. The Labute approximate surface area is 138 Å². The number of methoxy groups -OCH3 is 1. The van der Waals surface area contributed by atoms with E-state index in [2.05, 4.69) is 0 Å². The van der Waals surface area contributed by atoms with Crippen molar-refractivity contribution in [1.29, 1.82) is 0 Å². The number of halogens is 4. The zero-order chi connectivity index (χ0) is 16.5. The van der Waals surface area contributed by atoms with E-state index in [9.17, 15) is 21.6 Å². The zero-order valence-electron chi connectivity index (χ0n) is 11.0. The van der Waals surface area contributed by atoms with E-state index >= 15 is 0 Å². The maximum Gasteiger partial charge on any atom is 0.265 e. The molecule has 0 bridgehead atoms. The third-order valence-electron chi connectivity index (χ3n) is 2.69. The van der Waals surface area contributed by atoms with Crippen LogP contribution in [0, 0.1) is 21.0 Å². The van der Waals surface area contributed by atoms with Crippen LogP contribution >= 0.6 is 22.6 Å². The lowest BCUT2D eigenvalue weighted by Gasteiger charge is -2.12. The molecule has 0 saturated heterocycles. The number of nitrogens with one attached hydrogen (secondary N) is 1. The minimum atomic E-state index is -4.31. The van der Waals surface area contributed by atoms with Crippen molar-refractivity contribution in [2.24, 2.45) is 0 Å². The lowest BCUT2D eigenvalue weighted by atomic mass is 10.3. The summed E-state index contributed by atoms with van der Waals surface area (Å²) in [6, 6.07) is 4.77. The van der Waals surface area contributed by atoms with Gasteiger partial charge < -0.3 is 4.74 Å². The Bertz CT molecular complexity index is 828. The van der Waals surface area contributed by atoms with Crippen LogP contribution in [0.1, 0.15) is 0 Å². The second-order valence-corrected chi connectivity index (χ2v) is 6.85. The van der Waals surface area contributed by atoms with Gasteiger partial charge in [-0.25, -0.2) is 21.6 Å². The molecular weight excluding hydrogens is 434 g/mol. The minimum Gasteiger partial charge on any atom is -0.495 e. The molecule has 0 radical (unpaired) electrons. The van der Waals surface area contributed by atoms with Gasteiger partial charge in [0.2, 0.25) is 0 Å². The normalized spacial score (nSPS) is 11.3. The molecule has 0 aliphatic carbocycles. The fourth-order valence-electron chi connectivity index (χ4n) is 1.67. The molecule has 9 heteroatoms. The third kappa shape index (κ3) is 3.29. The molecular formula is C13H9F3INO3S. The van der Waals surface area contributed by atoms with Gasteiger partial charge in [-0.05, 0) is 52.9 Å². The van der Waals surface area contributed by atoms with Gasteiger partial charge in [0, 0.05) is 0 Å². The van der Waals surface area contributed by atoms with Crippen LogP contribution in [-0.2, 0) is 10.0 Å². The van der Waals surface area contributed by atoms with E-state index in [1.165, 1.54) is 29.7 Å². The molecule has 2 aromatic rings. The Balaban J connectivity index is 2.49. The van der Waals surface area contributed by atoms with E-state index in [0.717, 1.165) is 30.3 Å². The van der Waals surface area contributed by atoms with Crippen LogP contribution in [-0.4, -0.2) is 15.5 Å². The zero-order valence-corrected chi connectivity index (χ0v) is 14.0. The average molecular weight is 443 g/mol. The number of benzene rings is 2. The van der Waals surface area contributed by atoms with Gasteiger partial charge in [0.25, 0.3) is 10.0 Å². The van der Waals surface area contributed by atoms with E-state index in [1.54, 1.807) is 0 Å². The van der Waals surface area contributed by atoms with E-state index in [0.29, 0.717) is 0 Å². The molecule has 2 rings (SSSR count). The van der Waals surface area contributed by atoms with Gasteiger partial charge in [-0.15, -0.1) is 0 Å². The molecule has 0 spiro atoms. The molecule has 0 atom stereocenters. The number of hydrogen-bond acceptors (Lipinski definition) is 3. The summed E-state index contributed by atoms with van der Waals surface area (Å²) >= 11 is 1.41. The van der Waals surface area contributed by atoms with Crippen LogP contribution in [0.2, 0.25) is 0 Å². The average Bonchev–Trinajstić information content (AvgIpc) is 2.48. The number of rotatable bonds is 4. The van der Waals surface area contributed by atoms with Crippen LogP contribution in [0.25, 0.3) is 0 Å². The summed E-state index contributed by atoms with van der Waals surface area (Å²) in [6.07, 6.45) is 0. The molecule has 1 N–H and O–H groups in total. The van der Waals surface area contributed by atoms with Gasteiger partial charge in [0.15, 0.2) is 5.82 Å². The van der Waals surface area contributed by atoms with Crippen molar-refractivity contribution in [2.75, 3.05) is 11.8 Å². The molecule has 0 fully saturated rings. The molecule has 0 aliphatic rings. The topological polar surface area (TPSA) is 55.4 Å². The van der Waals surface area contributed by atoms with E-state index in [4.69, 9.17) is 4.74 Å². The summed E-state index contributed by atoms with van der Waals surface area (Å²) in [5.74, 6) is -2.77. The predicted molar refractivity (Wildman–Crippen MR) is 82.8 cm³/mol. The first-order chi connectivity index (χ1) is 10.3. The lowest BCUT2D eigenvalue weighted by Crippen LogP contribution is -2.16. The van der Waals surface area contributed by atoms with Crippen molar-refractivity contribution < 1.29 is 26.3 Å². The predicted octanol–water partition coefficient (Wildman–Crippen LogP) is 3.52. The van der Waals surface area contributed by atoms with Gasteiger partial charge in [0.1, 0.15) is 22.3 Å². The first-order valence-corrected chi connectivity index (χ1v) is 8.32. The molecule has 0 unspecified atom stereocenters. The Hall–Kier alpha value is -1.49. The number of hydrogen-bond donors (Lipinski definition) is 1. The Morgan fingerprint density at radius 3 is 2.45 bits per heavy atom. The third-order valence-corrected chi connectivity index (χ3v) is 5.07. The van der Waals surface area contributed by atoms with Crippen LogP contribution in [0.15, 0.2) is 35.2 Å². The molecule has 0 aromatic heterocycles. The molecule has 0 aliphatic heterocycles. The van der Waals surface area contributed by atoms with Crippen molar-refractivity contribution in [3.63, 3.8) is 0 Å². The summed E-state index contributed by atoms with van der Waals surface area (Å²) < 4.78 is 71.3. The van der Waals surface area contributed by atoms with E-state index in [-0.39, 0.29) is 9.32 Å². The van der Waals surface area contributed by atoms with Crippen molar-refractivity contribution in [3.05, 3.63) is 51.4 Å². The summed E-state index contributed by atoms with van der Waals surface area (Å²) in [5.41, 5.74) is -0.447. The molecule has 0 amide bonds. The Kier molecular flexibility index (Phi) is 4.85. The smallest absolute Gasteiger partial charge is 0.265 e. The standard InChI is InChI=1S/C13H9F3INO3S/c1-21-10-5-2-7(14)6-11(10)22(19,20)18-9-4-3-8(15)13(17)12(9)16/h2-6,18H,1H3. The van der Waals surface area contributed by atoms with E-state index in [1.807, 2.05) is 4.72 Å². The highest BCUT2D eigenvalue weighted by Gasteiger charge is 2.23. The molecule has 0 heterocycles. The number of ether oxygens (including phenoxy) is 1. The van der Waals surface area contributed by atoms with E-state index < -0.39 is 38.1 Å². The maximum atomic E-state index is 13.9. The van der Waals surface area contributed by atoms with Crippen molar-refractivity contribution >= 4 is 38.3 Å². The van der Waals surface area contributed by atoms with Crippen LogP contribution in [0.4, 0.5) is 18.9 Å². The molecule has 4 nitrogen and oxygen atoms in total. The lowest BCUT2D eigenvalue weighted by molar-refractivity contribution is 0.401. The summed E-state index contributed by atoms with van der Waals surface area (Å²) in [6.45, 7) is 0. The largest absolute Gasteiger partial charge is 0.495 e. The van der Waals surface area contributed by atoms with Crippen molar-refractivity contribution in [2.45, 2.75) is 4.90 Å². The molecule has 2 aromatic carbocycles. The Morgan fingerprint density at radius 2 is 1.82 bits per heavy atom. The van der Waals surface area contributed by atoms with Gasteiger partial charge in [-0.1, -0.05) is 0 Å².